The van der Waals surface area contributed by atoms with E-state index in [-0.39, 0.29) is 5.97 Å². The summed E-state index contributed by atoms with van der Waals surface area (Å²) in [5.74, 6) is 0.236. The van der Waals surface area contributed by atoms with Crippen molar-refractivity contribution in [2.24, 2.45) is 5.41 Å². The number of benzene rings is 1. The van der Waals surface area contributed by atoms with Crippen molar-refractivity contribution in [2.75, 3.05) is 0 Å². The van der Waals surface area contributed by atoms with Crippen LogP contribution in [0.5, 0.6) is 5.75 Å². The van der Waals surface area contributed by atoms with Crippen molar-refractivity contribution in [3.8, 4) is 5.75 Å². The van der Waals surface area contributed by atoms with E-state index in [2.05, 4.69) is 47.8 Å². The summed E-state index contributed by atoms with van der Waals surface area (Å²) in [7, 11) is 0. The summed E-state index contributed by atoms with van der Waals surface area (Å²) < 4.78 is 7.70. The molecule has 0 atom stereocenters. The van der Waals surface area contributed by atoms with Gasteiger partial charge in [0.25, 0.3) is 0 Å². The molecule has 0 aliphatic carbocycles. The van der Waals surface area contributed by atoms with E-state index in [1.165, 1.54) is 0 Å². The van der Waals surface area contributed by atoms with E-state index >= 15 is 0 Å². The summed E-state index contributed by atoms with van der Waals surface area (Å²) in [5.41, 5.74) is -0.522. The summed E-state index contributed by atoms with van der Waals surface area (Å²) in [4.78, 5) is 11.7. The fourth-order valence-electron chi connectivity index (χ4n) is 0.872. The van der Waals surface area contributed by atoms with Gasteiger partial charge >= 0.3 is 5.97 Å². The molecule has 0 bridgehead atoms. The molecule has 0 fully saturated rings. The zero-order valence-corrected chi connectivity index (χ0v) is 13.9. The van der Waals surface area contributed by atoms with E-state index in [1.807, 2.05) is 32.9 Å². The molecule has 1 aromatic carbocycles. The molecule has 0 saturated heterocycles. The first-order chi connectivity index (χ1) is 7.21. The standard InChI is InChI=1S/C11H11Br3O2/c1-11(2,3)10(15)16-9-7(13)4-6(12)5-8(9)14/h4-5H,1-3H3. The quantitative estimate of drug-likeness (QED) is 0.481. The number of hydrogen-bond acceptors (Lipinski definition) is 2. The molecule has 0 unspecified atom stereocenters. The maximum absolute atomic E-state index is 11.7. The van der Waals surface area contributed by atoms with Gasteiger partial charge in [-0.2, -0.15) is 0 Å². The molecule has 88 valence electrons. The van der Waals surface area contributed by atoms with Crippen molar-refractivity contribution in [1.82, 2.24) is 0 Å². The number of carbonyl (C=O) groups is 1. The van der Waals surface area contributed by atoms with Gasteiger partial charge in [0.05, 0.1) is 14.4 Å². The molecule has 0 aliphatic heterocycles. The Morgan fingerprint density at radius 1 is 1.12 bits per heavy atom. The van der Waals surface area contributed by atoms with Crippen molar-refractivity contribution in [2.45, 2.75) is 20.8 Å². The summed E-state index contributed by atoms with van der Waals surface area (Å²) >= 11 is 10.1. The minimum Gasteiger partial charge on any atom is -0.424 e. The fraction of sp³-hybridized carbons (Fsp3) is 0.364. The lowest BCUT2D eigenvalue weighted by Crippen LogP contribution is -2.25. The lowest BCUT2D eigenvalue weighted by molar-refractivity contribution is -0.143. The second-order valence-electron chi connectivity index (χ2n) is 4.34. The van der Waals surface area contributed by atoms with Crippen molar-refractivity contribution >= 4 is 53.8 Å². The minimum absolute atomic E-state index is 0.267. The SMILES string of the molecule is CC(C)(C)C(=O)Oc1c(Br)cc(Br)cc1Br. The average Bonchev–Trinajstić information content (AvgIpc) is 2.08. The predicted octanol–water partition coefficient (Wildman–Crippen LogP) is 4.93. The van der Waals surface area contributed by atoms with Crippen molar-refractivity contribution < 1.29 is 9.53 Å². The van der Waals surface area contributed by atoms with Gasteiger partial charge in [-0.15, -0.1) is 0 Å². The highest BCUT2D eigenvalue weighted by atomic mass is 79.9. The molecule has 0 amide bonds. The normalized spacial score (nSPS) is 11.4. The van der Waals surface area contributed by atoms with Crippen LogP contribution in [0.4, 0.5) is 0 Å². The summed E-state index contributed by atoms with van der Waals surface area (Å²) in [6.45, 7) is 5.45. The molecule has 0 aliphatic rings. The molecule has 5 heteroatoms. The van der Waals surface area contributed by atoms with Crippen molar-refractivity contribution in [3.05, 3.63) is 25.6 Å². The van der Waals surface area contributed by atoms with Crippen LogP contribution in [0.25, 0.3) is 0 Å². The minimum atomic E-state index is -0.522. The second-order valence-corrected chi connectivity index (χ2v) is 6.96. The van der Waals surface area contributed by atoms with Crippen LogP contribution in [0.3, 0.4) is 0 Å². The van der Waals surface area contributed by atoms with Gasteiger partial charge in [-0.1, -0.05) is 15.9 Å². The molecular formula is C11H11Br3O2. The first-order valence-corrected chi connectivity index (χ1v) is 6.96. The van der Waals surface area contributed by atoms with E-state index in [0.29, 0.717) is 5.75 Å². The molecule has 16 heavy (non-hydrogen) atoms. The zero-order valence-electron chi connectivity index (χ0n) is 9.11. The van der Waals surface area contributed by atoms with Gasteiger partial charge < -0.3 is 4.74 Å². The summed E-state index contributed by atoms with van der Waals surface area (Å²) in [6, 6.07) is 3.66. The Morgan fingerprint density at radius 3 is 1.94 bits per heavy atom. The topological polar surface area (TPSA) is 26.3 Å². The van der Waals surface area contributed by atoms with Gasteiger partial charge in [0.15, 0.2) is 5.75 Å². The first-order valence-electron chi connectivity index (χ1n) is 4.58. The van der Waals surface area contributed by atoms with Crippen LogP contribution < -0.4 is 4.74 Å². The van der Waals surface area contributed by atoms with E-state index < -0.39 is 5.41 Å². The number of halogens is 3. The third kappa shape index (κ3) is 3.57. The molecular weight excluding hydrogens is 404 g/mol. The third-order valence-corrected chi connectivity index (χ3v) is 3.41. The van der Waals surface area contributed by atoms with Crippen LogP contribution in [-0.4, -0.2) is 5.97 Å². The van der Waals surface area contributed by atoms with Crippen LogP contribution in [0.15, 0.2) is 25.6 Å². The van der Waals surface area contributed by atoms with E-state index in [1.54, 1.807) is 0 Å². The average molecular weight is 415 g/mol. The largest absolute Gasteiger partial charge is 0.424 e. The Hall–Kier alpha value is 0.130. The summed E-state index contributed by atoms with van der Waals surface area (Å²) in [5, 5.41) is 0. The van der Waals surface area contributed by atoms with E-state index in [0.717, 1.165) is 13.4 Å². The lowest BCUT2D eigenvalue weighted by Gasteiger charge is -2.17. The molecule has 0 spiro atoms. The van der Waals surface area contributed by atoms with Gasteiger partial charge in [0, 0.05) is 4.47 Å². The number of carbonyl (C=O) groups excluding carboxylic acids is 1. The fourth-order valence-corrected chi connectivity index (χ4v) is 3.29. The molecule has 0 radical (unpaired) electrons. The van der Waals surface area contributed by atoms with Crippen LogP contribution >= 0.6 is 47.8 Å². The zero-order chi connectivity index (χ0) is 12.5. The second kappa shape index (κ2) is 5.19. The Morgan fingerprint density at radius 2 is 1.56 bits per heavy atom. The van der Waals surface area contributed by atoms with Gasteiger partial charge in [0.2, 0.25) is 0 Å². The highest BCUT2D eigenvalue weighted by Crippen LogP contribution is 2.37. The molecule has 2 nitrogen and oxygen atoms in total. The molecule has 0 heterocycles. The summed E-state index contributed by atoms with van der Waals surface area (Å²) in [6.07, 6.45) is 0. The number of rotatable bonds is 1. The van der Waals surface area contributed by atoms with Crippen LogP contribution in [0.1, 0.15) is 20.8 Å². The maximum atomic E-state index is 11.7. The lowest BCUT2D eigenvalue weighted by atomic mass is 9.97. The highest BCUT2D eigenvalue weighted by molar-refractivity contribution is 9.11. The van der Waals surface area contributed by atoms with E-state index in [4.69, 9.17) is 4.74 Å². The van der Waals surface area contributed by atoms with Crippen molar-refractivity contribution in [1.29, 1.82) is 0 Å². The third-order valence-electron chi connectivity index (χ3n) is 1.77. The van der Waals surface area contributed by atoms with Crippen LogP contribution in [0, 0.1) is 5.41 Å². The molecule has 1 rings (SSSR count). The molecule has 0 saturated carbocycles. The highest BCUT2D eigenvalue weighted by Gasteiger charge is 2.25. The number of esters is 1. The van der Waals surface area contributed by atoms with Crippen LogP contribution in [-0.2, 0) is 4.79 Å². The Bertz CT molecular complexity index is 399. The Labute approximate surface area is 120 Å². The van der Waals surface area contributed by atoms with Crippen LogP contribution in [0.2, 0.25) is 0 Å². The monoisotopic (exact) mass is 412 g/mol. The predicted molar refractivity (Wildman–Crippen MR) is 74.6 cm³/mol. The Kier molecular flexibility index (Phi) is 4.60. The molecule has 1 aromatic rings. The van der Waals surface area contributed by atoms with Gasteiger partial charge in [-0.25, -0.2) is 0 Å². The van der Waals surface area contributed by atoms with Crippen molar-refractivity contribution in [3.63, 3.8) is 0 Å². The molecule has 0 N–H and O–H groups in total. The first kappa shape index (κ1) is 14.2. The van der Waals surface area contributed by atoms with Gasteiger partial charge in [0.1, 0.15) is 0 Å². The maximum Gasteiger partial charge on any atom is 0.316 e. The number of hydrogen-bond donors (Lipinski definition) is 0. The van der Waals surface area contributed by atoms with Gasteiger partial charge in [-0.3, -0.25) is 4.79 Å². The van der Waals surface area contributed by atoms with E-state index in [9.17, 15) is 4.79 Å². The smallest absolute Gasteiger partial charge is 0.316 e. The number of ether oxygens (including phenoxy) is 1. The Balaban J connectivity index is 3.03. The molecule has 0 aromatic heterocycles. The van der Waals surface area contributed by atoms with Gasteiger partial charge in [-0.05, 0) is 64.8 Å².